The highest BCUT2D eigenvalue weighted by molar-refractivity contribution is 5.78. The highest BCUT2D eigenvalue weighted by atomic mass is 16.4. The van der Waals surface area contributed by atoms with Crippen molar-refractivity contribution in [3.63, 3.8) is 0 Å². The number of hydrogen-bond acceptors (Lipinski definition) is 3. The Morgan fingerprint density at radius 3 is 1.34 bits per heavy atom. The summed E-state index contributed by atoms with van der Waals surface area (Å²) in [6.07, 6.45) is 24.6. The first-order valence-corrected chi connectivity index (χ1v) is 12.6. The predicted molar refractivity (Wildman–Crippen MR) is 123 cm³/mol. The standard InChI is InChI=1S/C25H49NO3/c1-2-3-4-5-6-7-8-9-10-11-12-13-14-15-17-20-23(27)21-18-16-19-22-24(26)25(28)29/h24H,2-22,26H2,1H3,(H,28,29). The van der Waals surface area contributed by atoms with Crippen molar-refractivity contribution in [1.82, 2.24) is 0 Å². The Morgan fingerprint density at radius 1 is 0.621 bits per heavy atom. The fraction of sp³-hybridized carbons (Fsp3) is 0.920. The van der Waals surface area contributed by atoms with E-state index in [1.165, 1.54) is 89.9 Å². The Balaban J connectivity index is 3.20. The van der Waals surface area contributed by atoms with Gasteiger partial charge in [0.25, 0.3) is 0 Å². The van der Waals surface area contributed by atoms with Gasteiger partial charge in [0.1, 0.15) is 11.8 Å². The molecule has 0 aliphatic carbocycles. The van der Waals surface area contributed by atoms with Crippen LogP contribution in [0.1, 0.15) is 142 Å². The lowest BCUT2D eigenvalue weighted by atomic mass is 10.0. The number of carboxylic acid groups (broad SMARTS) is 1. The van der Waals surface area contributed by atoms with Crippen molar-refractivity contribution in [2.75, 3.05) is 0 Å². The zero-order valence-electron chi connectivity index (χ0n) is 19.3. The molecule has 0 amide bonds. The summed E-state index contributed by atoms with van der Waals surface area (Å²) in [4.78, 5) is 22.5. The van der Waals surface area contributed by atoms with E-state index < -0.39 is 12.0 Å². The van der Waals surface area contributed by atoms with Gasteiger partial charge in [0.05, 0.1) is 0 Å². The molecule has 172 valence electrons. The number of carboxylic acids is 1. The summed E-state index contributed by atoms with van der Waals surface area (Å²) < 4.78 is 0. The molecule has 0 aromatic rings. The van der Waals surface area contributed by atoms with Crippen LogP contribution in [-0.2, 0) is 9.59 Å². The van der Waals surface area contributed by atoms with Gasteiger partial charge >= 0.3 is 5.97 Å². The average Bonchev–Trinajstić information content (AvgIpc) is 2.70. The van der Waals surface area contributed by atoms with Crippen LogP contribution in [0, 0.1) is 0 Å². The number of hydrogen-bond donors (Lipinski definition) is 2. The van der Waals surface area contributed by atoms with Gasteiger partial charge in [0.2, 0.25) is 0 Å². The average molecular weight is 412 g/mol. The van der Waals surface area contributed by atoms with Gasteiger partial charge in [-0.1, -0.05) is 110 Å². The molecule has 0 heterocycles. The first-order chi connectivity index (χ1) is 14.1. The molecule has 0 saturated heterocycles. The molecule has 1 atom stereocenters. The van der Waals surface area contributed by atoms with Gasteiger partial charge in [-0.2, -0.15) is 0 Å². The van der Waals surface area contributed by atoms with Crippen LogP contribution >= 0.6 is 0 Å². The number of carbonyl (C=O) groups excluding carboxylic acids is 1. The maximum Gasteiger partial charge on any atom is 0.320 e. The van der Waals surface area contributed by atoms with E-state index in [4.69, 9.17) is 10.8 Å². The number of carbonyl (C=O) groups is 2. The van der Waals surface area contributed by atoms with Gasteiger partial charge in [-0.15, -0.1) is 0 Å². The van der Waals surface area contributed by atoms with E-state index in [0.29, 0.717) is 25.0 Å². The molecule has 0 aliphatic rings. The van der Waals surface area contributed by atoms with Gasteiger partial charge in [-0.3, -0.25) is 9.59 Å². The van der Waals surface area contributed by atoms with E-state index in [9.17, 15) is 9.59 Å². The summed E-state index contributed by atoms with van der Waals surface area (Å²) in [6, 6.07) is -0.758. The molecule has 0 aromatic carbocycles. The highest BCUT2D eigenvalue weighted by Crippen LogP contribution is 2.14. The maximum absolute atomic E-state index is 11.9. The molecule has 3 N–H and O–H groups in total. The molecule has 0 bridgehead atoms. The molecule has 4 heteroatoms. The first kappa shape index (κ1) is 28.1. The predicted octanol–water partition coefficient (Wildman–Crippen LogP) is 7.18. The minimum absolute atomic E-state index is 0.363. The normalized spacial score (nSPS) is 12.2. The molecule has 0 fully saturated rings. The third kappa shape index (κ3) is 21.6. The number of ketones is 1. The van der Waals surface area contributed by atoms with Crippen molar-refractivity contribution in [2.24, 2.45) is 5.73 Å². The van der Waals surface area contributed by atoms with Crippen molar-refractivity contribution in [3.05, 3.63) is 0 Å². The number of Topliss-reactive ketones (excluding diaryl/α,β-unsaturated/α-hetero) is 1. The number of unbranched alkanes of at least 4 members (excludes halogenated alkanes) is 16. The van der Waals surface area contributed by atoms with Crippen molar-refractivity contribution in [2.45, 2.75) is 148 Å². The summed E-state index contributed by atoms with van der Waals surface area (Å²) >= 11 is 0. The third-order valence-corrected chi connectivity index (χ3v) is 5.85. The first-order valence-electron chi connectivity index (χ1n) is 12.6. The molecule has 0 spiro atoms. The Labute approximate surface area is 180 Å². The molecule has 0 rings (SSSR count). The lowest BCUT2D eigenvalue weighted by Crippen LogP contribution is -2.29. The minimum Gasteiger partial charge on any atom is -0.480 e. The van der Waals surface area contributed by atoms with Crippen molar-refractivity contribution >= 4 is 11.8 Å². The van der Waals surface area contributed by atoms with Gasteiger partial charge in [-0.25, -0.2) is 0 Å². The fourth-order valence-electron chi connectivity index (χ4n) is 3.81. The quantitative estimate of drug-likeness (QED) is 0.174. The summed E-state index contributed by atoms with van der Waals surface area (Å²) in [6.45, 7) is 2.27. The van der Waals surface area contributed by atoms with Crippen molar-refractivity contribution in [3.8, 4) is 0 Å². The molecule has 0 radical (unpaired) electrons. The smallest absolute Gasteiger partial charge is 0.320 e. The van der Waals surface area contributed by atoms with E-state index in [-0.39, 0.29) is 0 Å². The number of aliphatic carboxylic acids is 1. The number of nitrogens with two attached hydrogens (primary N) is 1. The van der Waals surface area contributed by atoms with Crippen LogP contribution < -0.4 is 5.73 Å². The van der Waals surface area contributed by atoms with Crippen LogP contribution in [0.2, 0.25) is 0 Å². The monoisotopic (exact) mass is 411 g/mol. The summed E-state index contributed by atoms with van der Waals surface area (Å²) in [5, 5.41) is 8.71. The lowest BCUT2D eigenvalue weighted by Gasteiger charge is -2.06. The molecular weight excluding hydrogens is 362 g/mol. The summed E-state index contributed by atoms with van der Waals surface area (Å²) in [5.74, 6) is -0.573. The minimum atomic E-state index is -0.936. The topological polar surface area (TPSA) is 80.4 Å². The number of rotatable bonds is 23. The maximum atomic E-state index is 11.9. The highest BCUT2D eigenvalue weighted by Gasteiger charge is 2.10. The van der Waals surface area contributed by atoms with E-state index in [1.807, 2.05) is 0 Å². The summed E-state index contributed by atoms with van der Waals surface area (Å²) in [7, 11) is 0. The van der Waals surface area contributed by atoms with E-state index in [1.54, 1.807) is 0 Å². The van der Waals surface area contributed by atoms with Crippen LogP contribution in [-0.4, -0.2) is 22.9 Å². The van der Waals surface area contributed by atoms with Crippen LogP contribution in [0.5, 0.6) is 0 Å². The van der Waals surface area contributed by atoms with Crippen molar-refractivity contribution < 1.29 is 14.7 Å². The second-order valence-electron chi connectivity index (χ2n) is 8.78. The molecule has 29 heavy (non-hydrogen) atoms. The largest absolute Gasteiger partial charge is 0.480 e. The van der Waals surface area contributed by atoms with Gasteiger partial charge < -0.3 is 10.8 Å². The molecular formula is C25H49NO3. The van der Waals surface area contributed by atoms with E-state index in [0.717, 1.165) is 25.7 Å². The lowest BCUT2D eigenvalue weighted by molar-refractivity contribution is -0.138. The SMILES string of the molecule is CCCCCCCCCCCCCCCCCC(=O)CCCCCC(N)C(=O)O. The molecule has 0 saturated carbocycles. The second-order valence-corrected chi connectivity index (χ2v) is 8.78. The van der Waals surface area contributed by atoms with E-state index >= 15 is 0 Å². The van der Waals surface area contributed by atoms with Crippen LogP contribution in [0.3, 0.4) is 0 Å². The van der Waals surface area contributed by atoms with Gasteiger partial charge in [-0.05, 0) is 19.3 Å². The Bertz CT molecular complexity index is 384. The van der Waals surface area contributed by atoms with Crippen LogP contribution in [0.15, 0.2) is 0 Å². The molecule has 0 aromatic heterocycles. The fourth-order valence-corrected chi connectivity index (χ4v) is 3.81. The van der Waals surface area contributed by atoms with Gasteiger partial charge in [0.15, 0.2) is 0 Å². The summed E-state index contributed by atoms with van der Waals surface area (Å²) in [5.41, 5.74) is 5.46. The van der Waals surface area contributed by atoms with Crippen LogP contribution in [0.25, 0.3) is 0 Å². The van der Waals surface area contributed by atoms with Crippen molar-refractivity contribution in [1.29, 1.82) is 0 Å². The zero-order chi connectivity index (χ0) is 21.6. The van der Waals surface area contributed by atoms with Gasteiger partial charge in [0, 0.05) is 12.8 Å². The third-order valence-electron chi connectivity index (χ3n) is 5.85. The Hall–Kier alpha value is -0.900. The second kappa shape index (κ2) is 21.8. The molecule has 4 nitrogen and oxygen atoms in total. The van der Waals surface area contributed by atoms with Crippen LogP contribution in [0.4, 0.5) is 0 Å². The molecule has 0 aliphatic heterocycles. The molecule has 1 unspecified atom stereocenters. The Kier molecular flexibility index (Phi) is 21.1. The zero-order valence-corrected chi connectivity index (χ0v) is 19.3. The van der Waals surface area contributed by atoms with E-state index in [2.05, 4.69) is 6.92 Å². The Morgan fingerprint density at radius 2 is 0.966 bits per heavy atom.